The van der Waals surface area contributed by atoms with Gasteiger partial charge in [-0.25, -0.2) is 0 Å². The average Bonchev–Trinajstić information content (AvgIpc) is 2.29. The molecule has 1 aliphatic heterocycles. The fourth-order valence-electron chi connectivity index (χ4n) is 2.48. The Morgan fingerprint density at radius 2 is 2.13 bits per heavy atom. The summed E-state index contributed by atoms with van der Waals surface area (Å²) in [5.41, 5.74) is 1.49. The van der Waals surface area contributed by atoms with Crippen molar-refractivity contribution in [1.29, 1.82) is 0 Å². The molecule has 0 aromatic carbocycles. The van der Waals surface area contributed by atoms with E-state index in [2.05, 4.69) is 43.9 Å². The van der Waals surface area contributed by atoms with E-state index >= 15 is 0 Å². The van der Waals surface area contributed by atoms with Crippen LogP contribution in [0.2, 0.25) is 0 Å². The standard InChI is InChI=1S/C14H25N/c1-4-9-13(5-2)12-14-10-7-8-11-15(14)6-3/h4-5,9,14H,6-8,10-12H2,1-3H3/b9-4-,13-5+. The number of hydrogen-bond acceptors (Lipinski definition) is 1. The molecule has 0 amide bonds. The van der Waals surface area contributed by atoms with Crippen molar-refractivity contribution in [3.05, 3.63) is 23.8 Å². The van der Waals surface area contributed by atoms with Gasteiger partial charge in [0, 0.05) is 6.04 Å². The molecule has 86 valence electrons. The zero-order valence-corrected chi connectivity index (χ0v) is 10.5. The molecule has 1 unspecified atom stereocenters. The highest BCUT2D eigenvalue weighted by atomic mass is 15.2. The predicted molar refractivity (Wildman–Crippen MR) is 68.1 cm³/mol. The zero-order valence-electron chi connectivity index (χ0n) is 10.5. The minimum absolute atomic E-state index is 0.783. The van der Waals surface area contributed by atoms with Crippen LogP contribution < -0.4 is 0 Å². The Labute approximate surface area is 94.9 Å². The summed E-state index contributed by atoms with van der Waals surface area (Å²) in [5.74, 6) is 0. The monoisotopic (exact) mass is 207 g/mol. The Morgan fingerprint density at radius 1 is 1.33 bits per heavy atom. The lowest BCUT2D eigenvalue weighted by atomic mass is 9.95. The van der Waals surface area contributed by atoms with Crippen molar-refractivity contribution >= 4 is 0 Å². The fourth-order valence-corrected chi connectivity index (χ4v) is 2.48. The molecule has 0 aromatic rings. The minimum Gasteiger partial charge on any atom is -0.300 e. The van der Waals surface area contributed by atoms with Gasteiger partial charge in [-0.05, 0) is 46.2 Å². The number of piperidine rings is 1. The second kappa shape index (κ2) is 6.84. The molecule has 1 heterocycles. The number of likely N-dealkylation sites (tertiary alicyclic amines) is 1. The third kappa shape index (κ3) is 3.83. The summed E-state index contributed by atoms with van der Waals surface area (Å²) in [4.78, 5) is 2.64. The summed E-state index contributed by atoms with van der Waals surface area (Å²) in [6.45, 7) is 9.03. The van der Waals surface area contributed by atoms with Crippen molar-refractivity contribution < 1.29 is 0 Å². The van der Waals surface area contributed by atoms with Gasteiger partial charge in [-0.2, -0.15) is 0 Å². The molecule has 1 rings (SSSR count). The summed E-state index contributed by atoms with van der Waals surface area (Å²) < 4.78 is 0. The molecule has 1 aliphatic rings. The predicted octanol–water partition coefficient (Wildman–Crippen LogP) is 3.77. The number of nitrogens with zero attached hydrogens (tertiary/aromatic N) is 1. The molecule has 0 spiro atoms. The zero-order chi connectivity index (χ0) is 11.1. The van der Waals surface area contributed by atoms with Crippen molar-refractivity contribution in [2.75, 3.05) is 13.1 Å². The molecule has 0 N–H and O–H groups in total. The quantitative estimate of drug-likeness (QED) is 0.634. The lowest BCUT2D eigenvalue weighted by molar-refractivity contribution is 0.156. The van der Waals surface area contributed by atoms with E-state index in [1.165, 1.54) is 44.3 Å². The first kappa shape index (κ1) is 12.5. The van der Waals surface area contributed by atoms with Gasteiger partial charge in [0.05, 0.1) is 0 Å². The minimum atomic E-state index is 0.783. The van der Waals surface area contributed by atoms with Crippen LogP contribution in [0.5, 0.6) is 0 Å². The fraction of sp³-hybridized carbons (Fsp3) is 0.714. The molecule has 0 bridgehead atoms. The van der Waals surface area contributed by atoms with Crippen molar-refractivity contribution in [2.24, 2.45) is 0 Å². The molecular formula is C14H25N. The summed E-state index contributed by atoms with van der Waals surface area (Å²) in [7, 11) is 0. The van der Waals surface area contributed by atoms with Gasteiger partial charge in [0.15, 0.2) is 0 Å². The van der Waals surface area contributed by atoms with Crippen LogP contribution in [0.1, 0.15) is 46.5 Å². The number of allylic oxidation sites excluding steroid dienone is 3. The average molecular weight is 207 g/mol. The third-order valence-electron chi connectivity index (χ3n) is 3.38. The van der Waals surface area contributed by atoms with E-state index in [0.717, 1.165) is 6.04 Å². The molecule has 1 heteroatoms. The second-order valence-electron chi connectivity index (χ2n) is 4.35. The Kier molecular flexibility index (Phi) is 5.70. The lowest BCUT2D eigenvalue weighted by Gasteiger charge is -2.35. The maximum absolute atomic E-state index is 2.64. The Hall–Kier alpha value is -0.560. The molecule has 0 aliphatic carbocycles. The molecule has 0 saturated carbocycles. The maximum Gasteiger partial charge on any atom is 0.0135 e. The molecule has 1 nitrogen and oxygen atoms in total. The highest BCUT2D eigenvalue weighted by molar-refractivity contribution is 5.18. The summed E-state index contributed by atoms with van der Waals surface area (Å²) in [6.07, 6.45) is 12.1. The van der Waals surface area contributed by atoms with Crippen LogP contribution in [-0.2, 0) is 0 Å². The van der Waals surface area contributed by atoms with Crippen molar-refractivity contribution in [1.82, 2.24) is 4.90 Å². The van der Waals surface area contributed by atoms with Gasteiger partial charge >= 0.3 is 0 Å². The normalized spacial score (nSPS) is 25.0. The summed E-state index contributed by atoms with van der Waals surface area (Å²) >= 11 is 0. The Bertz CT molecular complexity index is 227. The summed E-state index contributed by atoms with van der Waals surface area (Å²) in [6, 6.07) is 0.783. The Morgan fingerprint density at radius 3 is 2.73 bits per heavy atom. The highest BCUT2D eigenvalue weighted by Gasteiger charge is 2.20. The third-order valence-corrected chi connectivity index (χ3v) is 3.38. The van der Waals surface area contributed by atoms with Crippen LogP contribution in [0.3, 0.4) is 0 Å². The second-order valence-corrected chi connectivity index (χ2v) is 4.35. The van der Waals surface area contributed by atoms with Gasteiger partial charge in [0.25, 0.3) is 0 Å². The van der Waals surface area contributed by atoms with Crippen molar-refractivity contribution in [3.63, 3.8) is 0 Å². The van der Waals surface area contributed by atoms with Crippen LogP contribution in [-0.4, -0.2) is 24.0 Å². The lowest BCUT2D eigenvalue weighted by Crippen LogP contribution is -2.39. The molecule has 1 atom stereocenters. The smallest absolute Gasteiger partial charge is 0.0135 e. The van der Waals surface area contributed by atoms with Crippen LogP contribution in [0.25, 0.3) is 0 Å². The first-order valence-electron chi connectivity index (χ1n) is 6.33. The van der Waals surface area contributed by atoms with Crippen molar-refractivity contribution in [2.45, 2.75) is 52.5 Å². The molecule has 1 saturated heterocycles. The first-order chi connectivity index (χ1) is 7.31. The van der Waals surface area contributed by atoms with E-state index in [9.17, 15) is 0 Å². The highest BCUT2D eigenvalue weighted by Crippen LogP contribution is 2.22. The largest absolute Gasteiger partial charge is 0.300 e. The van der Waals surface area contributed by atoms with E-state index in [4.69, 9.17) is 0 Å². The topological polar surface area (TPSA) is 3.24 Å². The van der Waals surface area contributed by atoms with E-state index < -0.39 is 0 Å². The van der Waals surface area contributed by atoms with E-state index in [1.807, 2.05) is 0 Å². The van der Waals surface area contributed by atoms with Crippen LogP contribution >= 0.6 is 0 Å². The molecule has 0 radical (unpaired) electrons. The van der Waals surface area contributed by atoms with E-state index in [0.29, 0.717) is 0 Å². The van der Waals surface area contributed by atoms with E-state index in [-0.39, 0.29) is 0 Å². The molecule has 0 aromatic heterocycles. The van der Waals surface area contributed by atoms with Gasteiger partial charge in [-0.1, -0.05) is 37.1 Å². The maximum atomic E-state index is 2.64. The molecule has 15 heavy (non-hydrogen) atoms. The van der Waals surface area contributed by atoms with Crippen LogP contribution in [0.15, 0.2) is 23.8 Å². The van der Waals surface area contributed by atoms with Gasteiger partial charge in [0.1, 0.15) is 0 Å². The van der Waals surface area contributed by atoms with Gasteiger partial charge in [0.2, 0.25) is 0 Å². The number of hydrogen-bond donors (Lipinski definition) is 0. The van der Waals surface area contributed by atoms with E-state index in [1.54, 1.807) is 0 Å². The summed E-state index contributed by atoms with van der Waals surface area (Å²) in [5, 5.41) is 0. The van der Waals surface area contributed by atoms with Gasteiger partial charge in [-0.3, -0.25) is 0 Å². The van der Waals surface area contributed by atoms with Crippen LogP contribution in [0.4, 0.5) is 0 Å². The van der Waals surface area contributed by atoms with Gasteiger partial charge in [-0.15, -0.1) is 0 Å². The number of rotatable bonds is 4. The van der Waals surface area contributed by atoms with Crippen molar-refractivity contribution in [3.8, 4) is 0 Å². The van der Waals surface area contributed by atoms with Crippen LogP contribution in [0, 0.1) is 0 Å². The molecular weight excluding hydrogens is 182 g/mol. The van der Waals surface area contributed by atoms with Gasteiger partial charge < -0.3 is 4.90 Å². The Balaban J connectivity index is 2.53. The SMILES string of the molecule is C/C=C\C(=C/C)CC1CCCCN1CC. The first-order valence-corrected chi connectivity index (χ1v) is 6.33. The molecule has 1 fully saturated rings.